The molecule has 0 aliphatic heterocycles. The smallest absolute Gasteiger partial charge is 0.129 e. The molecule has 1 aromatic rings. The molecule has 1 aliphatic rings. The van der Waals surface area contributed by atoms with E-state index in [4.69, 9.17) is 0 Å². The standard InChI is InChI=1S/C16H22BrFO/c1-11(2)10-16(7-3-4-8-16)15(19)13-9-12(17)5-6-14(13)18/h5-6,9,11,15,19H,3-4,7-8,10H2,1-2H3. The topological polar surface area (TPSA) is 20.2 Å². The summed E-state index contributed by atoms with van der Waals surface area (Å²) in [7, 11) is 0. The third kappa shape index (κ3) is 3.19. The Morgan fingerprint density at radius 1 is 1.32 bits per heavy atom. The molecule has 1 nitrogen and oxygen atoms in total. The van der Waals surface area contributed by atoms with Crippen LogP contribution in [0.15, 0.2) is 22.7 Å². The fraction of sp³-hybridized carbons (Fsp3) is 0.625. The van der Waals surface area contributed by atoms with Crippen LogP contribution in [0.1, 0.15) is 57.6 Å². The Hall–Kier alpha value is -0.410. The van der Waals surface area contributed by atoms with Crippen molar-refractivity contribution in [1.29, 1.82) is 0 Å². The summed E-state index contributed by atoms with van der Waals surface area (Å²) in [5, 5.41) is 10.8. The summed E-state index contributed by atoms with van der Waals surface area (Å²) in [6, 6.07) is 4.83. The Morgan fingerprint density at radius 3 is 2.53 bits per heavy atom. The second-order valence-electron chi connectivity index (χ2n) is 6.24. The summed E-state index contributed by atoms with van der Waals surface area (Å²) in [5.41, 5.74) is 0.299. The molecule has 0 radical (unpaired) electrons. The quantitative estimate of drug-likeness (QED) is 0.802. The van der Waals surface area contributed by atoms with E-state index in [1.165, 1.54) is 6.07 Å². The average molecular weight is 329 g/mol. The highest BCUT2D eigenvalue weighted by Crippen LogP contribution is 2.52. The van der Waals surface area contributed by atoms with Gasteiger partial charge in [0, 0.05) is 15.5 Å². The first-order valence-electron chi connectivity index (χ1n) is 7.08. The maximum atomic E-state index is 14.0. The van der Waals surface area contributed by atoms with Crippen molar-refractivity contribution < 1.29 is 9.50 Å². The molecule has 1 aliphatic carbocycles. The highest BCUT2D eigenvalue weighted by atomic mass is 79.9. The Kier molecular flexibility index (Phi) is 4.67. The summed E-state index contributed by atoms with van der Waals surface area (Å²) in [5.74, 6) is 0.216. The lowest BCUT2D eigenvalue weighted by Crippen LogP contribution is -2.28. The average Bonchev–Trinajstić information content (AvgIpc) is 2.80. The third-order valence-corrected chi connectivity index (χ3v) is 4.74. The molecule has 2 rings (SSSR count). The molecule has 106 valence electrons. The van der Waals surface area contributed by atoms with Gasteiger partial charge < -0.3 is 5.11 Å². The second kappa shape index (κ2) is 5.92. The van der Waals surface area contributed by atoms with E-state index in [9.17, 15) is 9.50 Å². The first-order valence-corrected chi connectivity index (χ1v) is 7.87. The van der Waals surface area contributed by atoms with Crippen LogP contribution in [0.4, 0.5) is 4.39 Å². The summed E-state index contributed by atoms with van der Waals surface area (Å²) in [6.07, 6.45) is 4.53. The molecule has 1 fully saturated rings. The van der Waals surface area contributed by atoms with Gasteiger partial charge in [-0.3, -0.25) is 0 Å². The van der Waals surface area contributed by atoms with E-state index in [2.05, 4.69) is 29.8 Å². The van der Waals surface area contributed by atoms with Crippen molar-refractivity contribution in [1.82, 2.24) is 0 Å². The number of halogens is 2. The van der Waals surface area contributed by atoms with Crippen LogP contribution >= 0.6 is 15.9 Å². The molecule has 19 heavy (non-hydrogen) atoms. The predicted molar refractivity (Wildman–Crippen MR) is 79.4 cm³/mol. The van der Waals surface area contributed by atoms with Crippen LogP contribution in [0.3, 0.4) is 0 Å². The zero-order chi connectivity index (χ0) is 14.0. The van der Waals surface area contributed by atoms with E-state index in [0.717, 1.165) is 36.6 Å². The Balaban J connectivity index is 2.33. The number of hydrogen-bond donors (Lipinski definition) is 1. The highest BCUT2D eigenvalue weighted by molar-refractivity contribution is 9.10. The molecule has 1 saturated carbocycles. The van der Waals surface area contributed by atoms with E-state index in [0.29, 0.717) is 11.5 Å². The molecule has 0 amide bonds. The minimum Gasteiger partial charge on any atom is -0.388 e. The minimum absolute atomic E-state index is 0.143. The summed E-state index contributed by atoms with van der Waals surface area (Å²) in [4.78, 5) is 0. The van der Waals surface area contributed by atoms with Gasteiger partial charge in [-0.25, -0.2) is 4.39 Å². The van der Waals surface area contributed by atoms with Crippen molar-refractivity contribution in [3.05, 3.63) is 34.1 Å². The molecule has 1 atom stereocenters. The predicted octanol–water partition coefficient (Wildman–Crippen LogP) is 5.23. The van der Waals surface area contributed by atoms with Crippen LogP contribution in [0.2, 0.25) is 0 Å². The minimum atomic E-state index is -0.699. The van der Waals surface area contributed by atoms with Gasteiger partial charge in [-0.05, 0) is 43.4 Å². The maximum Gasteiger partial charge on any atom is 0.129 e. The summed E-state index contributed by atoms with van der Waals surface area (Å²) >= 11 is 3.36. The van der Waals surface area contributed by atoms with Crippen molar-refractivity contribution in [2.24, 2.45) is 11.3 Å². The molecule has 0 heterocycles. The molecule has 1 N–H and O–H groups in total. The lowest BCUT2D eigenvalue weighted by Gasteiger charge is -2.36. The lowest BCUT2D eigenvalue weighted by atomic mass is 9.72. The first kappa shape index (κ1) is 15.0. The molecule has 0 saturated heterocycles. The molecular formula is C16H22BrFO. The van der Waals surface area contributed by atoms with Crippen LogP contribution < -0.4 is 0 Å². The van der Waals surface area contributed by atoms with Gasteiger partial charge in [0.15, 0.2) is 0 Å². The molecule has 0 aromatic heterocycles. The Morgan fingerprint density at radius 2 is 1.95 bits per heavy atom. The zero-order valence-electron chi connectivity index (χ0n) is 11.6. The van der Waals surface area contributed by atoms with Gasteiger partial charge in [-0.2, -0.15) is 0 Å². The monoisotopic (exact) mass is 328 g/mol. The van der Waals surface area contributed by atoms with Gasteiger partial charge in [0.25, 0.3) is 0 Å². The van der Waals surface area contributed by atoms with E-state index in [1.54, 1.807) is 12.1 Å². The van der Waals surface area contributed by atoms with Crippen molar-refractivity contribution in [3.63, 3.8) is 0 Å². The number of aliphatic hydroxyl groups is 1. The molecule has 0 spiro atoms. The van der Waals surface area contributed by atoms with Crippen molar-refractivity contribution >= 4 is 15.9 Å². The van der Waals surface area contributed by atoms with Crippen LogP contribution in [-0.4, -0.2) is 5.11 Å². The lowest BCUT2D eigenvalue weighted by molar-refractivity contribution is 0.00873. The Bertz CT molecular complexity index is 438. The van der Waals surface area contributed by atoms with Gasteiger partial charge in [0.05, 0.1) is 6.10 Å². The van der Waals surface area contributed by atoms with Gasteiger partial charge in [0.2, 0.25) is 0 Å². The normalized spacial score (nSPS) is 19.9. The number of rotatable bonds is 4. The van der Waals surface area contributed by atoms with Crippen LogP contribution in [0, 0.1) is 17.2 Å². The third-order valence-electron chi connectivity index (χ3n) is 4.25. The number of hydrogen-bond acceptors (Lipinski definition) is 1. The van der Waals surface area contributed by atoms with Crippen LogP contribution in [0.5, 0.6) is 0 Å². The maximum absolute atomic E-state index is 14.0. The van der Waals surface area contributed by atoms with Crippen LogP contribution in [-0.2, 0) is 0 Å². The summed E-state index contributed by atoms with van der Waals surface area (Å²) < 4.78 is 14.8. The molecule has 3 heteroatoms. The van der Waals surface area contributed by atoms with Gasteiger partial charge in [-0.1, -0.05) is 42.6 Å². The van der Waals surface area contributed by atoms with E-state index in [1.807, 2.05) is 0 Å². The van der Waals surface area contributed by atoms with Gasteiger partial charge in [-0.15, -0.1) is 0 Å². The fourth-order valence-electron chi connectivity index (χ4n) is 3.54. The highest BCUT2D eigenvalue weighted by Gasteiger charge is 2.42. The largest absolute Gasteiger partial charge is 0.388 e. The fourth-order valence-corrected chi connectivity index (χ4v) is 3.91. The Labute approximate surface area is 123 Å². The van der Waals surface area contributed by atoms with E-state index >= 15 is 0 Å². The zero-order valence-corrected chi connectivity index (χ0v) is 13.2. The van der Waals surface area contributed by atoms with Crippen molar-refractivity contribution in [3.8, 4) is 0 Å². The summed E-state index contributed by atoms with van der Waals surface area (Å²) in [6.45, 7) is 4.34. The first-order chi connectivity index (χ1) is 8.94. The van der Waals surface area contributed by atoms with Gasteiger partial charge >= 0.3 is 0 Å². The molecular weight excluding hydrogens is 307 g/mol. The van der Waals surface area contributed by atoms with Crippen molar-refractivity contribution in [2.75, 3.05) is 0 Å². The van der Waals surface area contributed by atoms with Gasteiger partial charge in [0.1, 0.15) is 5.82 Å². The number of benzene rings is 1. The van der Waals surface area contributed by atoms with Crippen molar-refractivity contribution in [2.45, 2.75) is 52.1 Å². The number of aliphatic hydroxyl groups excluding tert-OH is 1. The second-order valence-corrected chi connectivity index (χ2v) is 7.15. The molecule has 1 unspecified atom stereocenters. The molecule has 0 bridgehead atoms. The van der Waals surface area contributed by atoms with E-state index in [-0.39, 0.29) is 11.2 Å². The molecule has 1 aromatic carbocycles. The van der Waals surface area contributed by atoms with E-state index < -0.39 is 6.10 Å². The van der Waals surface area contributed by atoms with Crippen LogP contribution in [0.25, 0.3) is 0 Å². The SMILES string of the molecule is CC(C)CC1(C(O)c2cc(Br)ccc2F)CCCC1.